The molecule has 1 aromatic rings. The molecule has 4 fully saturated rings. The molecule has 1 heterocycles. The number of methoxy groups -OCH3 is 1. The topological polar surface area (TPSA) is 243 Å². The number of carbonyl (C=O) groups excluding carboxylic acids is 7. The molecular formula is C46H66N6O10. The minimum Gasteiger partial charge on any atom is -0.478 e. The third-order valence-electron chi connectivity index (χ3n) is 13.7. The van der Waals surface area contributed by atoms with E-state index >= 15 is 0 Å². The number of fused-ring (bicyclic) bond motifs is 1. The van der Waals surface area contributed by atoms with E-state index in [4.69, 9.17) is 5.73 Å². The van der Waals surface area contributed by atoms with E-state index in [9.17, 15) is 43.5 Å². The summed E-state index contributed by atoms with van der Waals surface area (Å²) in [5.74, 6) is -6.05. The fourth-order valence-electron chi connectivity index (χ4n) is 9.99. The van der Waals surface area contributed by atoms with Crippen LogP contribution in [0.1, 0.15) is 132 Å². The highest BCUT2D eigenvalue weighted by Crippen LogP contribution is 2.65. The SMILES string of the molecule is COC(=O)/C=C/CC[C@H](NC(=O)c1ccccc1C(=O)O)C(=O)N[C@H](C(=O)N1C[C@H]2[C@@H]([C@H]1C(=O)N[C@H](C(=O)N[C@H](C(N)=O)C1CCCCC1)C1CCCCC1)C2(C)C)C(C)(C)C. The number of esters is 1. The summed E-state index contributed by atoms with van der Waals surface area (Å²) in [5.41, 5.74) is 4.24. The summed E-state index contributed by atoms with van der Waals surface area (Å²) in [5, 5.41) is 21.2. The number of piperidine rings is 1. The fraction of sp³-hybridized carbons (Fsp3) is 0.652. The maximum absolute atomic E-state index is 14.9. The van der Waals surface area contributed by atoms with Crippen LogP contribution in [0, 0.1) is 34.5 Å². The predicted molar refractivity (Wildman–Crippen MR) is 229 cm³/mol. The highest BCUT2D eigenvalue weighted by Gasteiger charge is 2.70. The van der Waals surface area contributed by atoms with Crippen molar-refractivity contribution in [2.45, 2.75) is 142 Å². The zero-order chi connectivity index (χ0) is 45.5. The summed E-state index contributed by atoms with van der Waals surface area (Å²) < 4.78 is 4.65. The Hall–Kier alpha value is -5.28. The lowest BCUT2D eigenvalue weighted by Gasteiger charge is -2.39. The first kappa shape index (κ1) is 47.8. The molecule has 16 nitrogen and oxygen atoms in total. The predicted octanol–water partition coefficient (Wildman–Crippen LogP) is 3.62. The number of carboxylic acids is 1. The normalized spacial score (nSPS) is 23.2. The Balaban J connectivity index is 1.39. The Labute approximate surface area is 364 Å². The van der Waals surface area contributed by atoms with Crippen LogP contribution in [0.4, 0.5) is 0 Å². The molecule has 0 radical (unpaired) electrons. The van der Waals surface area contributed by atoms with E-state index in [0.29, 0.717) is 12.8 Å². The molecule has 5 rings (SSSR count). The van der Waals surface area contributed by atoms with Crippen molar-refractivity contribution in [2.24, 2.45) is 40.2 Å². The monoisotopic (exact) mass is 862 g/mol. The molecule has 1 aromatic carbocycles. The van der Waals surface area contributed by atoms with Crippen molar-refractivity contribution in [1.82, 2.24) is 26.2 Å². The van der Waals surface area contributed by atoms with Crippen LogP contribution < -0.4 is 27.0 Å². The molecule has 3 saturated carbocycles. The number of hydrogen-bond donors (Lipinski definition) is 6. The van der Waals surface area contributed by atoms with Gasteiger partial charge in [0.25, 0.3) is 5.91 Å². The summed E-state index contributed by atoms with van der Waals surface area (Å²) in [4.78, 5) is 109. The number of allylic oxidation sites excluding steroid dienone is 1. The lowest BCUT2D eigenvalue weighted by atomic mass is 9.81. The number of nitrogens with two attached hydrogens (primary N) is 1. The van der Waals surface area contributed by atoms with Crippen LogP contribution in [0.3, 0.4) is 0 Å². The molecule has 7 atom stereocenters. The quantitative estimate of drug-likeness (QED) is 0.0982. The minimum atomic E-state index is -1.33. The van der Waals surface area contributed by atoms with Gasteiger partial charge in [0.05, 0.1) is 18.2 Å². The van der Waals surface area contributed by atoms with Crippen LogP contribution in [-0.4, -0.2) is 101 Å². The molecule has 0 spiro atoms. The van der Waals surface area contributed by atoms with Gasteiger partial charge in [0.1, 0.15) is 30.2 Å². The lowest BCUT2D eigenvalue weighted by Crippen LogP contribution is -2.63. The van der Waals surface area contributed by atoms with E-state index in [1.54, 1.807) is 20.8 Å². The van der Waals surface area contributed by atoms with Gasteiger partial charge in [0.15, 0.2) is 0 Å². The van der Waals surface area contributed by atoms with Gasteiger partial charge in [-0.15, -0.1) is 0 Å². The van der Waals surface area contributed by atoms with E-state index < -0.39 is 83.0 Å². The van der Waals surface area contributed by atoms with Gasteiger partial charge in [-0.3, -0.25) is 28.8 Å². The maximum atomic E-state index is 14.9. The van der Waals surface area contributed by atoms with Crippen molar-refractivity contribution in [3.05, 3.63) is 47.5 Å². The zero-order valence-electron chi connectivity index (χ0n) is 37.0. The molecule has 7 N–H and O–H groups in total. The molecule has 16 heteroatoms. The smallest absolute Gasteiger partial charge is 0.336 e. The number of carboxylic acid groups (broad SMARTS) is 1. The fourth-order valence-corrected chi connectivity index (χ4v) is 9.99. The first-order valence-electron chi connectivity index (χ1n) is 22.2. The first-order chi connectivity index (χ1) is 29.3. The van der Waals surface area contributed by atoms with Crippen molar-refractivity contribution in [3.8, 4) is 0 Å². The average molecular weight is 863 g/mol. The van der Waals surface area contributed by atoms with Crippen LogP contribution in [-0.2, 0) is 33.5 Å². The Morgan fingerprint density at radius 3 is 1.97 bits per heavy atom. The van der Waals surface area contributed by atoms with Crippen molar-refractivity contribution >= 4 is 47.4 Å². The van der Waals surface area contributed by atoms with Gasteiger partial charge in [-0.2, -0.15) is 0 Å². The maximum Gasteiger partial charge on any atom is 0.336 e. The second-order valence-corrected chi connectivity index (χ2v) is 19.2. The number of benzene rings is 1. The van der Waals surface area contributed by atoms with Crippen molar-refractivity contribution in [1.29, 1.82) is 0 Å². The molecule has 3 aliphatic carbocycles. The highest BCUT2D eigenvalue weighted by molar-refractivity contribution is 6.06. The standard InChI is InChI=1S/C46H66N6O10/c1-45(2,3)37(51-40(56)31(23-15-16-24-32(53)62-6)48-39(55)28-21-13-14-22-29(28)44(60)61)43(59)52-25-30-33(46(30,4)5)36(52)42(58)50-35(27-19-11-8-12-20-27)41(57)49-34(38(47)54)26-17-9-7-10-18-26/h13-14,16,21-22,24,26-27,30-31,33-37H,7-12,15,17-20,23,25H2,1-6H3,(H2,47,54)(H,48,55)(H,49,57)(H,50,58)(H,51,56)(H,60,61)/b24-16+/t30-,31-,33-,34-,35-,36-,37+/m0/s1. The van der Waals surface area contributed by atoms with E-state index in [2.05, 4.69) is 26.0 Å². The molecule has 0 aromatic heterocycles. The van der Waals surface area contributed by atoms with Gasteiger partial charge >= 0.3 is 11.9 Å². The largest absolute Gasteiger partial charge is 0.478 e. The van der Waals surface area contributed by atoms with Gasteiger partial charge in [-0.1, -0.05) is 91.4 Å². The minimum absolute atomic E-state index is 0.0195. The van der Waals surface area contributed by atoms with Gasteiger partial charge in [0, 0.05) is 12.6 Å². The number of nitrogens with zero attached hydrogens (tertiary/aromatic N) is 1. The molecule has 6 amide bonds. The average Bonchev–Trinajstić information content (AvgIpc) is 3.53. The molecule has 0 bridgehead atoms. The summed E-state index contributed by atoms with van der Waals surface area (Å²) in [6, 6.07) is 0.336. The molecule has 4 aliphatic rings. The molecule has 0 unspecified atom stereocenters. The van der Waals surface area contributed by atoms with E-state index in [1.165, 1.54) is 48.4 Å². The van der Waals surface area contributed by atoms with Gasteiger partial charge < -0.3 is 41.7 Å². The molecule has 340 valence electrons. The van der Waals surface area contributed by atoms with Gasteiger partial charge in [-0.25, -0.2) is 9.59 Å². The van der Waals surface area contributed by atoms with Crippen molar-refractivity contribution in [3.63, 3.8) is 0 Å². The van der Waals surface area contributed by atoms with E-state index in [0.717, 1.165) is 51.4 Å². The number of likely N-dealkylation sites (tertiary alicyclic amines) is 1. The number of aromatic carboxylic acids is 1. The Morgan fingerprint density at radius 2 is 1.42 bits per heavy atom. The third-order valence-corrected chi connectivity index (χ3v) is 13.7. The lowest BCUT2D eigenvalue weighted by molar-refractivity contribution is -0.146. The summed E-state index contributed by atoms with van der Waals surface area (Å²) >= 11 is 0. The number of amides is 6. The summed E-state index contributed by atoms with van der Waals surface area (Å²) in [6.07, 6.45) is 11.5. The number of ether oxygens (including phenoxy) is 1. The van der Waals surface area contributed by atoms with Crippen LogP contribution in [0.25, 0.3) is 0 Å². The van der Waals surface area contributed by atoms with Gasteiger partial charge in [0.2, 0.25) is 29.5 Å². The second kappa shape index (κ2) is 20.3. The number of nitrogens with one attached hydrogen (secondary N) is 4. The Kier molecular flexibility index (Phi) is 15.6. The van der Waals surface area contributed by atoms with Gasteiger partial charge in [-0.05, 0) is 85.2 Å². The molecule has 62 heavy (non-hydrogen) atoms. The highest BCUT2D eigenvalue weighted by atomic mass is 16.5. The molecule has 1 saturated heterocycles. The second-order valence-electron chi connectivity index (χ2n) is 19.2. The number of hydrogen-bond acceptors (Lipinski definition) is 9. The summed E-state index contributed by atoms with van der Waals surface area (Å²) in [6.45, 7) is 9.65. The van der Waals surface area contributed by atoms with Crippen LogP contribution >= 0.6 is 0 Å². The number of rotatable bonds is 17. The van der Waals surface area contributed by atoms with Crippen molar-refractivity contribution < 1.29 is 48.2 Å². The van der Waals surface area contributed by atoms with E-state index in [-0.39, 0.29) is 59.6 Å². The molecule has 1 aliphatic heterocycles. The Bertz CT molecular complexity index is 1900. The van der Waals surface area contributed by atoms with Crippen LogP contribution in [0.15, 0.2) is 36.4 Å². The Morgan fingerprint density at radius 1 is 0.839 bits per heavy atom. The zero-order valence-corrected chi connectivity index (χ0v) is 37.0. The van der Waals surface area contributed by atoms with Crippen LogP contribution in [0.5, 0.6) is 0 Å². The first-order valence-corrected chi connectivity index (χ1v) is 22.2. The number of carbonyl (C=O) groups is 8. The van der Waals surface area contributed by atoms with Crippen LogP contribution in [0.2, 0.25) is 0 Å². The number of primary amides is 1. The van der Waals surface area contributed by atoms with Crippen molar-refractivity contribution in [2.75, 3.05) is 13.7 Å². The van der Waals surface area contributed by atoms with E-state index in [1.807, 2.05) is 13.8 Å². The summed E-state index contributed by atoms with van der Waals surface area (Å²) in [7, 11) is 1.22. The third kappa shape index (κ3) is 11.2. The molecular weight excluding hydrogens is 797 g/mol.